The van der Waals surface area contributed by atoms with E-state index < -0.39 is 0 Å². The van der Waals surface area contributed by atoms with E-state index in [-0.39, 0.29) is 30.9 Å². The number of carbonyl (C=O) groups excluding carboxylic acids is 2. The molecule has 2 aromatic rings. The average molecular weight is 381 g/mol. The molecule has 148 valence electrons. The molecule has 0 aromatic heterocycles. The number of amides is 2. The highest BCUT2D eigenvalue weighted by Crippen LogP contribution is 2.29. The third kappa shape index (κ3) is 4.98. The Labute approximate surface area is 167 Å². The number of hydrogen-bond acceptors (Lipinski definition) is 2. The molecule has 0 radical (unpaired) electrons. The Bertz CT molecular complexity index is 842. The van der Waals surface area contributed by atoms with Gasteiger partial charge in [-0.1, -0.05) is 42.5 Å². The van der Waals surface area contributed by atoms with Crippen LogP contribution in [0.3, 0.4) is 0 Å². The number of aryl methyl sites for hydroxylation is 3. The molecule has 2 atom stereocenters. The minimum Gasteiger partial charge on any atom is -0.344 e. The van der Waals surface area contributed by atoms with Gasteiger partial charge in [-0.05, 0) is 55.4 Å². The van der Waals surface area contributed by atoms with Crippen LogP contribution < -0.4 is 15.5 Å². The Kier molecular flexibility index (Phi) is 6.47. The molecule has 0 fully saturated rings. The Balaban J connectivity index is 1.52. The summed E-state index contributed by atoms with van der Waals surface area (Å²) in [4.78, 5) is 25.8. The second-order valence-electron chi connectivity index (χ2n) is 7.84. The van der Waals surface area contributed by atoms with Crippen molar-refractivity contribution < 1.29 is 14.5 Å². The summed E-state index contributed by atoms with van der Waals surface area (Å²) in [5.41, 5.74) is 5.50. The highest BCUT2D eigenvalue weighted by molar-refractivity contribution is 5.93. The minimum atomic E-state index is -0.0780. The van der Waals surface area contributed by atoms with Gasteiger partial charge in [0.05, 0.1) is 13.1 Å². The molecule has 0 heterocycles. The summed E-state index contributed by atoms with van der Waals surface area (Å²) in [5.74, 6) is -0.0928. The second-order valence-corrected chi connectivity index (χ2v) is 7.84. The number of rotatable bonds is 6. The zero-order chi connectivity index (χ0) is 20.1. The Morgan fingerprint density at radius 2 is 1.68 bits per heavy atom. The second kappa shape index (κ2) is 9.02. The standard InChI is InChI=1S/C23H29N3O2/c1-16-8-6-9-17(2)23(16)25-22(28)15-26(3)14-21(27)24-20-13-7-11-18-10-4-5-12-19(18)20/h4-6,8-10,12,20H,7,11,13-15H2,1-3H3,(H,24,27)(H,25,28)/p+1/t20-/m0/s1. The molecule has 5 nitrogen and oxygen atoms in total. The van der Waals surface area contributed by atoms with Gasteiger partial charge in [0.1, 0.15) is 0 Å². The predicted molar refractivity (Wildman–Crippen MR) is 111 cm³/mol. The number of benzene rings is 2. The van der Waals surface area contributed by atoms with Gasteiger partial charge in [0.15, 0.2) is 13.1 Å². The summed E-state index contributed by atoms with van der Waals surface area (Å²) in [6, 6.07) is 14.3. The van der Waals surface area contributed by atoms with Gasteiger partial charge in [0.2, 0.25) is 0 Å². The quantitative estimate of drug-likeness (QED) is 0.717. The molecule has 28 heavy (non-hydrogen) atoms. The maximum absolute atomic E-state index is 12.5. The fraction of sp³-hybridized carbons (Fsp3) is 0.391. The van der Waals surface area contributed by atoms with Crippen molar-refractivity contribution in [2.24, 2.45) is 0 Å². The van der Waals surface area contributed by atoms with E-state index in [1.807, 2.05) is 45.2 Å². The minimum absolute atomic E-state index is 0.0147. The molecule has 1 unspecified atom stereocenters. The van der Waals surface area contributed by atoms with Crippen LogP contribution in [0.4, 0.5) is 5.69 Å². The summed E-state index contributed by atoms with van der Waals surface area (Å²) in [6.07, 6.45) is 3.13. The first-order valence-electron chi connectivity index (χ1n) is 9.98. The first kappa shape index (κ1) is 20.1. The van der Waals surface area contributed by atoms with Gasteiger partial charge in [0.25, 0.3) is 11.8 Å². The van der Waals surface area contributed by atoms with E-state index in [1.165, 1.54) is 11.1 Å². The number of likely N-dealkylation sites (N-methyl/N-ethyl adjacent to an activating group) is 1. The van der Waals surface area contributed by atoms with Crippen molar-refractivity contribution in [1.82, 2.24) is 5.32 Å². The SMILES string of the molecule is Cc1cccc(C)c1NC(=O)C[NH+](C)CC(=O)N[C@H]1CCCc2ccccc21. The van der Waals surface area contributed by atoms with Gasteiger partial charge in [-0.15, -0.1) is 0 Å². The van der Waals surface area contributed by atoms with Crippen LogP contribution >= 0.6 is 0 Å². The van der Waals surface area contributed by atoms with Crippen molar-refractivity contribution in [3.8, 4) is 0 Å². The lowest BCUT2D eigenvalue weighted by atomic mass is 9.88. The lowest BCUT2D eigenvalue weighted by molar-refractivity contribution is -0.862. The van der Waals surface area contributed by atoms with E-state index in [0.717, 1.165) is 41.0 Å². The maximum Gasteiger partial charge on any atom is 0.279 e. The molecule has 3 rings (SSSR count). The number of nitrogens with one attached hydrogen (secondary N) is 3. The van der Waals surface area contributed by atoms with E-state index in [1.54, 1.807) is 0 Å². The Hall–Kier alpha value is -2.66. The van der Waals surface area contributed by atoms with Crippen LogP contribution in [0.2, 0.25) is 0 Å². The van der Waals surface area contributed by atoms with Gasteiger partial charge in [-0.25, -0.2) is 0 Å². The van der Waals surface area contributed by atoms with Crippen molar-refractivity contribution in [2.45, 2.75) is 39.2 Å². The lowest BCUT2D eigenvalue weighted by Gasteiger charge is -2.26. The zero-order valence-electron chi connectivity index (χ0n) is 17.0. The van der Waals surface area contributed by atoms with Gasteiger partial charge in [0, 0.05) is 5.69 Å². The smallest absolute Gasteiger partial charge is 0.279 e. The molecular formula is C23H30N3O2+. The molecular weight excluding hydrogens is 350 g/mol. The van der Waals surface area contributed by atoms with Gasteiger partial charge < -0.3 is 15.5 Å². The van der Waals surface area contributed by atoms with E-state index in [9.17, 15) is 9.59 Å². The molecule has 0 spiro atoms. The van der Waals surface area contributed by atoms with Crippen LogP contribution in [-0.2, 0) is 16.0 Å². The number of anilines is 1. The molecule has 0 saturated carbocycles. The average Bonchev–Trinajstić information content (AvgIpc) is 2.65. The Morgan fingerprint density at radius 1 is 1.00 bits per heavy atom. The van der Waals surface area contributed by atoms with Crippen LogP contribution in [0, 0.1) is 13.8 Å². The molecule has 0 bridgehead atoms. The number of fused-ring (bicyclic) bond motifs is 1. The van der Waals surface area contributed by atoms with Crippen LogP contribution in [0.25, 0.3) is 0 Å². The highest BCUT2D eigenvalue weighted by Gasteiger charge is 2.23. The summed E-state index contributed by atoms with van der Waals surface area (Å²) in [7, 11) is 1.87. The largest absolute Gasteiger partial charge is 0.344 e. The van der Waals surface area contributed by atoms with Crippen molar-refractivity contribution in [3.63, 3.8) is 0 Å². The van der Waals surface area contributed by atoms with Crippen molar-refractivity contribution in [3.05, 3.63) is 64.7 Å². The van der Waals surface area contributed by atoms with Crippen LogP contribution in [0.1, 0.15) is 41.1 Å². The maximum atomic E-state index is 12.5. The van der Waals surface area contributed by atoms with E-state index in [0.29, 0.717) is 0 Å². The monoisotopic (exact) mass is 380 g/mol. The molecule has 2 amide bonds. The highest BCUT2D eigenvalue weighted by atomic mass is 16.2. The van der Waals surface area contributed by atoms with Crippen molar-refractivity contribution in [1.29, 1.82) is 0 Å². The number of carbonyl (C=O) groups is 2. The van der Waals surface area contributed by atoms with Gasteiger partial charge in [-0.3, -0.25) is 9.59 Å². The van der Waals surface area contributed by atoms with Crippen molar-refractivity contribution in [2.75, 3.05) is 25.5 Å². The van der Waals surface area contributed by atoms with E-state index in [2.05, 4.69) is 28.8 Å². The fourth-order valence-electron chi connectivity index (χ4n) is 3.96. The number of hydrogen-bond donors (Lipinski definition) is 3. The summed E-state index contributed by atoms with van der Waals surface area (Å²) in [6.45, 7) is 4.49. The molecule has 2 aromatic carbocycles. The molecule has 3 N–H and O–H groups in total. The topological polar surface area (TPSA) is 62.6 Å². The van der Waals surface area contributed by atoms with Crippen LogP contribution in [0.5, 0.6) is 0 Å². The number of para-hydroxylation sites is 1. The molecule has 1 aliphatic carbocycles. The van der Waals surface area contributed by atoms with Crippen molar-refractivity contribution >= 4 is 17.5 Å². The molecule has 1 aliphatic rings. The summed E-state index contributed by atoms with van der Waals surface area (Å²) < 4.78 is 0. The van der Waals surface area contributed by atoms with Gasteiger partial charge >= 0.3 is 0 Å². The first-order chi connectivity index (χ1) is 13.4. The molecule has 0 saturated heterocycles. The molecule has 0 aliphatic heterocycles. The summed E-state index contributed by atoms with van der Waals surface area (Å²) >= 11 is 0. The van der Waals surface area contributed by atoms with Crippen LogP contribution in [0.15, 0.2) is 42.5 Å². The summed E-state index contributed by atoms with van der Waals surface area (Å²) in [5, 5.41) is 6.14. The normalized spacial score (nSPS) is 16.8. The van der Waals surface area contributed by atoms with E-state index >= 15 is 0 Å². The third-order valence-corrected chi connectivity index (χ3v) is 5.37. The lowest BCUT2D eigenvalue weighted by Crippen LogP contribution is -3.11. The zero-order valence-corrected chi connectivity index (χ0v) is 17.0. The van der Waals surface area contributed by atoms with E-state index in [4.69, 9.17) is 0 Å². The Morgan fingerprint density at radius 3 is 2.43 bits per heavy atom. The van der Waals surface area contributed by atoms with Crippen LogP contribution in [-0.4, -0.2) is 32.0 Å². The fourth-order valence-corrected chi connectivity index (χ4v) is 3.96. The molecule has 5 heteroatoms. The predicted octanol–water partition coefficient (Wildman–Crippen LogP) is 1.95. The van der Waals surface area contributed by atoms with Gasteiger partial charge in [-0.2, -0.15) is 0 Å². The number of quaternary nitrogens is 1. The third-order valence-electron chi connectivity index (χ3n) is 5.37. The first-order valence-corrected chi connectivity index (χ1v) is 9.98.